The molecule has 2 aromatic carbocycles. The Hall–Kier alpha value is -1.91. The number of hydrogen-bond acceptors (Lipinski definition) is 3. The molecule has 110 valence electrons. The first-order chi connectivity index (χ1) is 10.0. The van der Waals surface area contributed by atoms with Gasteiger partial charge in [0, 0.05) is 28.7 Å². The lowest BCUT2D eigenvalue weighted by atomic mass is 10.0. The molecule has 0 aromatic heterocycles. The Morgan fingerprint density at radius 3 is 2.14 bits per heavy atom. The highest BCUT2D eigenvalue weighted by Crippen LogP contribution is 2.28. The Bertz CT molecular complexity index is 646. The maximum Gasteiger partial charge on any atom is 0.274 e. The number of para-hydroxylation sites is 1. The number of nitro groups is 1. The minimum absolute atomic E-state index is 0.00601. The van der Waals surface area contributed by atoms with Gasteiger partial charge in [-0.15, -0.1) is 0 Å². The summed E-state index contributed by atoms with van der Waals surface area (Å²) in [6.07, 6.45) is 0. The van der Waals surface area contributed by atoms with Gasteiger partial charge in [0.15, 0.2) is 0 Å². The van der Waals surface area contributed by atoms with Gasteiger partial charge < -0.3 is 5.32 Å². The quantitative estimate of drug-likeness (QED) is 0.645. The molecule has 1 unspecified atom stereocenters. The number of nitrogens with zero attached hydrogens (tertiary/aromatic N) is 1. The van der Waals surface area contributed by atoms with E-state index in [1.165, 1.54) is 6.07 Å². The summed E-state index contributed by atoms with van der Waals surface area (Å²) in [6.45, 7) is 3.90. The van der Waals surface area contributed by atoms with Crippen molar-refractivity contribution in [1.82, 2.24) is 5.32 Å². The predicted molar refractivity (Wildman–Crippen MR) is 84.5 cm³/mol. The van der Waals surface area contributed by atoms with E-state index in [9.17, 15) is 10.1 Å². The van der Waals surface area contributed by atoms with E-state index in [2.05, 4.69) is 5.32 Å². The molecule has 0 aliphatic heterocycles. The van der Waals surface area contributed by atoms with Crippen molar-refractivity contribution in [2.45, 2.75) is 25.9 Å². The smallest absolute Gasteiger partial charge is 0.274 e. The van der Waals surface area contributed by atoms with Crippen molar-refractivity contribution in [3.05, 3.63) is 74.8 Å². The number of hydrogen-bond donors (Lipinski definition) is 1. The molecule has 0 amide bonds. The second-order valence-electron chi connectivity index (χ2n) is 4.95. The second kappa shape index (κ2) is 6.70. The summed E-state index contributed by atoms with van der Waals surface area (Å²) >= 11 is 6.18. The van der Waals surface area contributed by atoms with Crippen molar-refractivity contribution in [3.63, 3.8) is 0 Å². The van der Waals surface area contributed by atoms with Gasteiger partial charge in [-0.2, -0.15) is 0 Å². The third-order valence-electron chi connectivity index (χ3n) is 3.47. The molecule has 0 aliphatic carbocycles. The first kappa shape index (κ1) is 15.5. The van der Waals surface area contributed by atoms with Gasteiger partial charge >= 0.3 is 0 Å². The molecule has 0 fully saturated rings. The van der Waals surface area contributed by atoms with Crippen LogP contribution in [0.4, 0.5) is 5.69 Å². The summed E-state index contributed by atoms with van der Waals surface area (Å²) in [5.41, 5.74) is 1.77. The highest BCUT2D eigenvalue weighted by atomic mass is 35.5. The van der Waals surface area contributed by atoms with Crippen LogP contribution in [0.25, 0.3) is 0 Å². The molecule has 4 nitrogen and oxygen atoms in total. The zero-order valence-electron chi connectivity index (χ0n) is 11.9. The van der Waals surface area contributed by atoms with Gasteiger partial charge in [0.1, 0.15) is 0 Å². The molecule has 0 saturated heterocycles. The highest BCUT2D eigenvalue weighted by Gasteiger charge is 2.20. The van der Waals surface area contributed by atoms with Crippen molar-refractivity contribution in [2.75, 3.05) is 0 Å². The molecular weight excluding hydrogens is 288 g/mol. The van der Waals surface area contributed by atoms with E-state index in [0.29, 0.717) is 10.6 Å². The Morgan fingerprint density at radius 1 is 1.00 bits per heavy atom. The van der Waals surface area contributed by atoms with Crippen LogP contribution in [0.15, 0.2) is 48.5 Å². The van der Waals surface area contributed by atoms with Gasteiger partial charge in [-0.3, -0.25) is 10.1 Å². The Morgan fingerprint density at radius 2 is 1.52 bits per heavy atom. The normalized spacial score (nSPS) is 13.7. The van der Waals surface area contributed by atoms with Gasteiger partial charge in [0.25, 0.3) is 5.69 Å². The van der Waals surface area contributed by atoms with E-state index in [1.54, 1.807) is 18.2 Å². The van der Waals surface area contributed by atoms with E-state index >= 15 is 0 Å². The Balaban J connectivity index is 2.21. The van der Waals surface area contributed by atoms with Crippen LogP contribution in [0.5, 0.6) is 0 Å². The lowest BCUT2D eigenvalue weighted by Gasteiger charge is -2.21. The van der Waals surface area contributed by atoms with E-state index in [4.69, 9.17) is 11.6 Å². The second-order valence-corrected chi connectivity index (χ2v) is 5.35. The maximum atomic E-state index is 11.1. The fourth-order valence-electron chi connectivity index (χ4n) is 2.40. The molecule has 2 aromatic rings. The van der Waals surface area contributed by atoms with Crippen LogP contribution in [0.3, 0.4) is 0 Å². The first-order valence-corrected chi connectivity index (χ1v) is 7.12. The number of nitro benzene ring substituents is 1. The average Bonchev–Trinajstić information content (AvgIpc) is 2.47. The predicted octanol–water partition coefficient (Wildman–Crippen LogP) is 4.66. The van der Waals surface area contributed by atoms with Crippen LogP contribution in [0.1, 0.15) is 37.1 Å². The van der Waals surface area contributed by atoms with Crippen LogP contribution in [0.2, 0.25) is 5.02 Å². The number of rotatable bonds is 5. The number of nitrogens with one attached hydrogen (secondary N) is 1. The van der Waals surface area contributed by atoms with Crippen LogP contribution in [0, 0.1) is 10.1 Å². The molecule has 2 atom stereocenters. The lowest BCUT2D eigenvalue weighted by Crippen LogP contribution is -2.23. The van der Waals surface area contributed by atoms with E-state index in [0.717, 1.165) is 5.56 Å². The summed E-state index contributed by atoms with van der Waals surface area (Å²) in [5, 5.41) is 15.1. The van der Waals surface area contributed by atoms with Crippen LogP contribution in [-0.2, 0) is 0 Å². The molecule has 0 bridgehead atoms. The zero-order valence-corrected chi connectivity index (χ0v) is 12.7. The highest BCUT2D eigenvalue weighted by molar-refractivity contribution is 6.31. The van der Waals surface area contributed by atoms with Gasteiger partial charge in [-0.25, -0.2) is 0 Å². The maximum absolute atomic E-state index is 11.1. The Kier molecular flexibility index (Phi) is 4.94. The standard InChI is InChI=1S/C16H17ClN2O2/c1-11(13-7-3-5-9-15(13)17)18-12(2)14-8-4-6-10-16(14)19(20)21/h3-12,18H,1-2H3/t11-,12?/m0/s1. The molecule has 1 N–H and O–H groups in total. The van der Waals surface area contributed by atoms with Crippen molar-refractivity contribution in [1.29, 1.82) is 0 Å². The third kappa shape index (κ3) is 3.60. The van der Waals surface area contributed by atoms with Gasteiger partial charge in [0.2, 0.25) is 0 Å². The largest absolute Gasteiger partial charge is 0.303 e. The first-order valence-electron chi connectivity index (χ1n) is 6.74. The molecule has 0 saturated carbocycles. The summed E-state index contributed by atoms with van der Waals surface area (Å²) in [4.78, 5) is 10.7. The minimum atomic E-state index is -0.353. The van der Waals surface area contributed by atoms with Crippen molar-refractivity contribution in [2.24, 2.45) is 0 Å². The summed E-state index contributed by atoms with van der Waals surface area (Å²) in [5.74, 6) is 0. The summed E-state index contributed by atoms with van der Waals surface area (Å²) < 4.78 is 0. The summed E-state index contributed by atoms with van der Waals surface area (Å²) in [7, 11) is 0. The van der Waals surface area contributed by atoms with Crippen LogP contribution in [-0.4, -0.2) is 4.92 Å². The molecule has 0 spiro atoms. The van der Waals surface area contributed by atoms with Gasteiger partial charge in [-0.05, 0) is 25.5 Å². The van der Waals surface area contributed by atoms with Crippen molar-refractivity contribution in [3.8, 4) is 0 Å². The van der Waals surface area contributed by atoms with E-state index in [1.807, 2.05) is 38.1 Å². The van der Waals surface area contributed by atoms with E-state index in [-0.39, 0.29) is 22.7 Å². The lowest BCUT2D eigenvalue weighted by molar-refractivity contribution is -0.385. The van der Waals surface area contributed by atoms with Crippen molar-refractivity contribution >= 4 is 17.3 Å². The van der Waals surface area contributed by atoms with Crippen molar-refractivity contribution < 1.29 is 4.92 Å². The molecule has 21 heavy (non-hydrogen) atoms. The molecule has 0 aliphatic rings. The fraction of sp³-hybridized carbons (Fsp3) is 0.250. The van der Waals surface area contributed by atoms with E-state index < -0.39 is 0 Å². The zero-order chi connectivity index (χ0) is 15.4. The molecule has 2 rings (SSSR count). The average molecular weight is 305 g/mol. The fourth-order valence-corrected chi connectivity index (χ4v) is 2.70. The molecule has 5 heteroatoms. The molecular formula is C16H17ClN2O2. The Labute approximate surface area is 128 Å². The molecule has 0 radical (unpaired) electrons. The van der Waals surface area contributed by atoms with Crippen LogP contribution < -0.4 is 5.32 Å². The number of halogens is 1. The third-order valence-corrected chi connectivity index (χ3v) is 3.82. The van der Waals surface area contributed by atoms with Gasteiger partial charge in [0.05, 0.1) is 4.92 Å². The SMILES string of the molecule is CC(N[C@@H](C)c1ccccc1Cl)c1ccccc1[N+](=O)[O-]. The van der Waals surface area contributed by atoms with Crippen LogP contribution >= 0.6 is 11.6 Å². The van der Waals surface area contributed by atoms with Gasteiger partial charge in [-0.1, -0.05) is 48.0 Å². The number of benzene rings is 2. The minimum Gasteiger partial charge on any atom is -0.303 e. The monoisotopic (exact) mass is 304 g/mol. The molecule has 0 heterocycles. The summed E-state index contributed by atoms with van der Waals surface area (Å²) in [6, 6.07) is 14.2. The topological polar surface area (TPSA) is 55.2 Å².